The van der Waals surface area contributed by atoms with Gasteiger partial charge in [-0.15, -0.1) is 0 Å². The van der Waals surface area contributed by atoms with Crippen molar-refractivity contribution in [1.82, 2.24) is 4.90 Å². The summed E-state index contributed by atoms with van der Waals surface area (Å²) in [5.74, 6) is -0.0872. The van der Waals surface area contributed by atoms with E-state index in [2.05, 4.69) is 5.32 Å². The molecule has 0 radical (unpaired) electrons. The van der Waals surface area contributed by atoms with Crippen LogP contribution < -0.4 is 5.32 Å². The molecule has 2 atom stereocenters. The molecule has 0 aliphatic heterocycles. The summed E-state index contributed by atoms with van der Waals surface area (Å²) in [6.45, 7) is 6.47. The number of ether oxygens (including phenoxy) is 1. The van der Waals surface area contributed by atoms with Crippen molar-refractivity contribution in [2.45, 2.75) is 32.9 Å². The van der Waals surface area contributed by atoms with Crippen molar-refractivity contribution in [2.24, 2.45) is 0 Å². The zero-order chi connectivity index (χ0) is 16.0. The Morgan fingerprint density at radius 3 is 2.71 bits per heavy atom. The molecule has 0 aromatic heterocycles. The smallest absolute Gasteiger partial charge is 0.241 e. The van der Waals surface area contributed by atoms with Crippen molar-refractivity contribution in [3.63, 3.8) is 0 Å². The average Bonchev–Trinajstić information content (AvgIpc) is 2.43. The molecule has 5 nitrogen and oxygen atoms in total. The predicted octanol–water partition coefficient (Wildman–Crippen LogP) is 1.57. The van der Waals surface area contributed by atoms with Crippen molar-refractivity contribution in [3.8, 4) is 0 Å². The van der Waals surface area contributed by atoms with Gasteiger partial charge in [0.25, 0.3) is 0 Å². The monoisotopic (exact) mass is 294 g/mol. The Balaban J connectivity index is 2.64. The molecular formula is C16H26N2O3. The summed E-state index contributed by atoms with van der Waals surface area (Å²) in [6, 6.07) is 5.50. The molecule has 0 aliphatic carbocycles. The first-order valence-electron chi connectivity index (χ1n) is 7.11. The van der Waals surface area contributed by atoms with E-state index in [1.807, 2.05) is 50.9 Å². The third kappa shape index (κ3) is 5.12. The number of carbonyl (C=O) groups is 1. The second-order valence-electron chi connectivity index (χ2n) is 5.46. The van der Waals surface area contributed by atoms with E-state index in [0.717, 1.165) is 16.8 Å². The number of aryl methyl sites for hydroxylation is 1. The normalized spacial score (nSPS) is 14.0. The van der Waals surface area contributed by atoms with Crippen LogP contribution in [0.4, 0.5) is 5.69 Å². The van der Waals surface area contributed by atoms with E-state index in [4.69, 9.17) is 4.74 Å². The highest BCUT2D eigenvalue weighted by molar-refractivity contribution is 5.95. The van der Waals surface area contributed by atoms with Crippen LogP contribution in [0.1, 0.15) is 18.1 Å². The number of carbonyl (C=O) groups excluding carboxylic acids is 1. The van der Waals surface area contributed by atoms with E-state index in [1.165, 1.54) is 0 Å². The van der Waals surface area contributed by atoms with Gasteiger partial charge in [-0.25, -0.2) is 0 Å². The average molecular weight is 294 g/mol. The topological polar surface area (TPSA) is 61.8 Å². The van der Waals surface area contributed by atoms with Crippen LogP contribution >= 0.6 is 0 Å². The second-order valence-corrected chi connectivity index (χ2v) is 5.46. The van der Waals surface area contributed by atoms with Crippen LogP contribution in [0.25, 0.3) is 0 Å². The highest BCUT2D eigenvalue weighted by Crippen LogP contribution is 2.18. The van der Waals surface area contributed by atoms with Crippen molar-refractivity contribution in [2.75, 3.05) is 32.6 Å². The SMILES string of the molecule is COCC(O)CN(C)C(C)C(=O)Nc1cccc(C)c1C. The minimum atomic E-state index is -0.601. The number of rotatable bonds is 7. The zero-order valence-electron chi connectivity index (χ0n) is 13.5. The summed E-state index contributed by atoms with van der Waals surface area (Å²) in [5.41, 5.74) is 3.04. The number of aliphatic hydroxyl groups excluding tert-OH is 1. The van der Waals surface area contributed by atoms with Crippen LogP contribution in [0, 0.1) is 13.8 Å². The number of likely N-dealkylation sites (N-methyl/N-ethyl adjacent to an activating group) is 1. The number of hydrogen-bond donors (Lipinski definition) is 2. The molecule has 1 aromatic carbocycles. The maximum Gasteiger partial charge on any atom is 0.241 e. The Labute approximate surface area is 126 Å². The molecular weight excluding hydrogens is 268 g/mol. The van der Waals surface area contributed by atoms with Crippen molar-refractivity contribution >= 4 is 11.6 Å². The van der Waals surface area contributed by atoms with Gasteiger partial charge >= 0.3 is 0 Å². The van der Waals surface area contributed by atoms with Crippen LogP contribution in [0.3, 0.4) is 0 Å². The van der Waals surface area contributed by atoms with Gasteiger partial charge in [0.2, 0.25) is 5.91 Å². The van der Waals surface area contributed by atoms with Gasteiger partial charge in [0.15, 0.2) is 0 Å². The van der Waals surface area contributed by atoms with Gasteiger partial charge in [-0.3, -0.25) is 9.69 Å². The molecule has 5 heteroatoms. The zero-order valence-corrected chi connectivity index (χ0v) is 13.5. The highest BCUT2D eigenvalue weighted by atomic mass is 16.5. The first kappa shape index (κ1) is 17.6. The Hall–Kier alpha value is -1.43. The molecule has 1 amide bonds. The van der Waals surface area contributed by atoms with Gasteiger partial charge in [0, 0.05) is 19.3 Å². The molecule has 0 spiro atoms. The van der Waals surface area contributed by atoms with Gasteiger partial charge in [0.1, 0.15) is 0 Å². The molecule has 1 aromatic rings. The van der Waals surface area contributed by atoms with Gasteiger partial charge in [0.05, 0.1) is 18.8 Å². The fourth-order valence-electron chi connectivity index (χ4n) is 2.06. The summed E-state index contributed by atoms with van der Waals surface area (Å²) in [6.07, 6.45) is -0.601. The predicted molar refractivity (Wildman–Crippen MR) is 84.5 cm³/mol. The lowest BCUT2D eigenvalue weighted by Crippen LogP contribution is -2.44. The van der Waals surface area contributed by atoms with E-state index in [-0.39, 0.29) is 18.6 Å². The summed E-state index contributed by atoms with van der Waals surface area (Å²) >= 11 is 0. The Morgan fingerprint density at radius 1 is 1.43 bits per heavy atom. The van der Waals surface area contributed by atoms with Gasteiger partial charge in [-0.2, -0.15) is 0 Å². The second kappa shape index (κ2) is 8.12. The highest BCUT2D eigenvalue weighted by Gasteiger charge is 2.20. The lowest BCUT2D eigenvalue weighted by Gasteiger charge is -2.26. The van der Waals surface area contributed by atoms with Gasteiger partial charge in [-0.05, 0) is 45.0 Å². The van der Waals surface area contributed by atoms with Crippen molar-refractivity contribution in [3.05, 3.63) is 29.3 Å². The number of amides is 1. The Morgan fingerprint density at radius 2 is 2.10 bits per heavy atom. The van der Waals surface area contributed by atoms with E-state index < -0.39 is 6.10 Å². The molecule has 2 N–H and O–H groups in total. The summed E-state index contributed by atoms with van der Waals surface area (Å²) in [5, 5.41) is 12.7. The van der Waals surface area contributed by atoms with E-state index in [0.29, 0.717) is 6.54 Å². The number of hydrogen-bond acceptors (Lipinski definition) is 4. The standard InChI is InChI=1S/C16H26N2O3/c1-11-7-6-8-15(12(11)2)17-16(20)13(3)18(4)9-14(19)10-21-5/h6-8,13-14,19H,9-10H2,1-5H3,(H,17,20). The Kier molecular flexibility index (Phi) is 6.81. The lowest BCUT2D eigenvalue weighted by atomic mass is 10.1. The fraction of sp³-hybridized carbons (Fsp3) is 0.562. The van der Waals surface area contributed by atoms with Crippen LogP contribution in [0.2, 0.25) is 0 Å². The van der Waals surface area contributed by atoms with Crippen LogP contribution in [0.15, 0.2) is 18.2 Å². The first-order chi connectivity index (χ1) is 9.86. The summed E-state index contributed by atoms with van der Waals surface area (Å²) < 4.78 is 4.89. The van der Waals surface area contributed by atoms with Crippen LogP contribution in [-0.4, -0.2) is 55.4 Å². The number of methoxy groups -OCH3 is 1. The molecule has 2 unspecified atom stereocenters. The third-order valence-electron chi connectivity index (χ3n) is 3.76. The molecule has 118 valence electrons. The van der Waals surface area contributed by atoms with Crippen LogP contribution in [0.5, 0.6) is 0 Å². The number of benzene rings is 1. The third-order valence-corrected chi connectivity index (χ3v) is 3.76. The van der Waals surface area contributed by atoms with Crippen molar-refractivity contribution in [1.29, 1.82) is 0 Å². The molecule has 0 aliphatic rings. The van der Waals surface area contributed by atoms with Gasteiger partial charge in [-0.1, -0.05) is 12.1 Å². The van der Waals surface area contributed by atoms with Gasteiger partial charge < -0.3 is 15.2 Å². The molecule has 0 fully saturated rings. The maximum absolute atomic E-state index is 12.3. The molecule has 1 rings (SSSR count). The van der Waals surface area contributed by atoms with E-state index in [9.17, 15) is 9.90 Å². The van der Waals surface area contributed by atoms with E-state index >= 15 is 0 Å². The minimum absolute atomic E-state index is 0.0872. The number of nitrogens with zero attached hydrogens (tertiary/aromatic N) is 1. The number of aliphatic hydroxyl groups is 1. The molecule has 0 saturated heterocycles. The quantitative estimate of drug-likeness (QED) is 0.801. The molecule has 0 saturated carbocycles. The molecule has 21 heavy (non-hydrogen) atoms. The van der Waals surface area contributed by atoms with Crippen molar-refractivity contribution < 1.29 is 14.6 Å². The minimum Gasteiger partial charge on any atom is -0.389 e. The largest absolute Gasteiger partial charge is 0.389 e. The number of anilines is 1. The molecule has 0 bridgehead atoms. The summed E-state index contributed by atoms with van der Waals surface area (Å²) in [4.78, 5) is 14.1. The first-order valence-corrected chi connectivity index (χ1v) is 7.11. The molecule has 0 heterocycles. The Bertz CT molecular complexity index is 477. The maximum atomic E-state index is 12.3. The number of nitrogens with one attached hydrogen (secondary N) is 1. The van der Waals surface area contributed by atoms with E-state index in [1.54, 1.807) is 7.11 Å². The van der Waals surface area contributed by atoms with Crippen LogP contribution in [-0.2, 0) is 9.53 Å². The lowest BCUT2D eigenvalue weighted by molar-refractivity contribution is -0.120. The summed E-state index contributed by atoms with van der Waals surface area (Å²) in [7, 11) is 3.35. The fourth-order valence-corrected chi connectivity index (χ4v) is 2.06.